The van der Waals surface area contributed by atoms with Crippen LogP contribution in [0.15, 0.2) is 12.5 Å². The maximum absolute atomic E-state index is 9.05. The number of hydrogen-bond donors (Lipinski definition) is 1. The van der Waals surface area contributed by atoms with Gasteiger partial charge in [0, 0.05) is 12.6 Å². The summed E-state index contributed by atoms with van der Waals surface area (Å²) < 4.78 is 7.43. The number of aliphatic hydroxyl groups excluding tert-OH is 1. The van der Waals surface area contributed by atoms with E-state index < -0.39 is 6.10 Å². The quantitative estimate of drug-likeness (QED) is 0.732. The molecule has 86 valence electrons. The van der Waals surface area contributed by atoms with Gasteiger partial charge >= 0.3 is 0 Å². The highest BCUT2D eigenvalue weighted by atomic mass is 16.5. The SMILES string of the molecule is N#CC(OCCCO)c1cncn1C1CC1. The first-order chi connectivity index (χ1) is 7.86. The number of aromatic nitrogens is 2. The summed E-state index contributed by atoms with van der Waals surface area (Å²) in [6, 6.07) is 2.62. The van der Waals surface area contributed by atoms with E-state index in [0.717, 1.165) is 18.5 Å². The van der Waals surface area contributed by atoms with Crippen molar-refractivity contribution in [1.29, 1.82) is 5.26 Å². The molecule has 1 aromatic rings. The van der Waals surface area contributed by atoms with Gasteiger partial charge in [0.15, 0.2) is 6.10 Å². The number of nitrogens with zero attached hydrogens (tertiary/aromatic N) is 3. The normalized spacial score (nSPS) is 17.0. The van der Waals surface area contributed by atoms with E-state index in [9.17, 15) is 0 Å². The summed E-state index contributed by atoms with van der Waals surface area (Å²) in [5.74, 6) is 0. The van der Waals surface area contributed by atoms with Crippen molar-refractivity contribution in [3.8, 4) is 6.07 Å². The molecule has 1 aliphatic rings. The van der Waals surface area contributed by atoms with E-state index in [1.807, 2.05) is 4.57 Å². The fraction of sp³-hybridized carbons (Fsp3) is 0.636. The lowest BCUT2D eigenvalue weighted by molar-refractivity contribution is 0.0727. The molecule has 2 rings (SSSR count). The Morgan fingerprint density at radius 2 is 2.50 bits per heavy atom. The fourth-order valence-electron chi connectivity index (χ4n) is 1.63. The molecule has 0 amide bonds. The molecule has 0 aliphatic heterocycles. The van der Waals surface area contributed by atoms with E-state index in [1.165, 1.54) is 0 Å². The highest BCUT2D eigenvalue weighted by Gasteiger charge is 2.28. The lowest BCUT2D eigenvalue weighted by atomic mass is 10.3. The lowest BCUT2D eigenvalue weighted by Gasteiger charge is -2.12. The van der Waals surface area contributed by atoms with E-state index in [0.29, 0.717) is 19.1 Å². The molecular weight excluding hydrogens is 206 g/mol. The minimum absolute atomic E-state index is 0.0834. The number of aliphatic hydroxyl groups is 1. The molecular formula is C11H15N3O2. The molecule has 1 atom stereocenters. The van der Waals surface area contributed by atoms with Crippen molar-refractivity contribution >= 4 is 0 Å². The van der Waals surface area contributed by atoms with Crippen LogP contribution in [0.4, 0.5) is 0 Å². The predicted molar refractivity (Wildman–Crippen MR) is 56.5 cm³/mol. The molecule has 5 nitrogen and oxygen atoms in total. The average molecular weight is 221 g/mol. The lowest BCUT2D eigenvalue weighted by Crippen LogP contribution is -2.09. The van der Waals surface area contributed by atoms with Gasteiger partial charge in [0.2, 0.25) is 0 Å². The number of imidazole rings is 1. The molecule has 1 heterocycles. The molecule has 1 unspecified atom stereocenters. The van der Waals surface area contributed by atoms with Crippen molar-refractivity contribution in [1.82, 2.24) is 9.55 Å². The molecule has 0 saturated heterocycles. The van der Waals surface area contributed by atoms with E-state index in [4.69, 9.17) is 15.1 Å². The van der Waals surface area contributed by atoms with Crippen molar-refractivity contribution in [2.75, 3.05) is 13.2 Å². The number of ether oxygens (including phenoxy) is 1. The largest absolute Gasteiger partial charge is 0.396 e. The number of nitriles is 1. The molecule has 16 heavy (non-hydrogen) atoms. The summed E-state index contributed by atoms with van der Waals surface area (Å²) in [6.07, 6.45) is 5.72. The molecule has 1 aromatic heterocycles. The maximum atomic E-state index is 9.05. The second-order valence-electron chi connectivity index (χ2n) is 3.91. The van der Waals surface area contributed by atoms with Crippen LogP contribution in [0.3, 0.4) is 0 Å². The van der Waals surface area contributed by atoms with E-state index in [1.54, 1.807) is 12.5 Å². The van der Waals surface area contributed by atoms with Gasteiger partial charge in [-0.2, -0.15) is 5.26 Å². The zero-order valence-corrected chi connectivity index (χ0v) is 9.04. The number of rotatable bonds is 6. The smallest absolute Gasteiger partial charge is 0.185 e. The van der Waals surface area contributed by atoms with Crippen molar-refractivity contribution in [3.63, 3.8) is 0 Å². The fourth-order valence-corrected chi connectivity index (χ4v) is 1.63. The Morgan fingerprint density at radius 1 is 1.69 bits per heavy atom. The standard InChI is InChI=1S/C11H15N3O2/c12-6-11(16-5-1-4-15)10-7-13-8-14(10)9-2-3-9/h7-9,11,15H,1-5H2. The predicted octanol–water partition coefficient (Wildman–Crippen LogP) is 1.18. The molecule has 0 radical (unpaired) electrons. The van der Waals surface area contributed by atoms with E-state index in [2.05, 4.69) is 11.1 Å². The second-order valence-corrected chi connectivity index (χ2v) is 3.91. The highest BCUT2D eigenvalue weighted by Crippen LogP contribution is 2.37. The van der Waals surface area contributed by atoms with Crippen LogP contribution >= 0.6 is 0 Å². The first-order valence-corrected chi connectivity index (χ1v) is 5.50. The van der Waals surface area contributed by atoms with Crippen LogP contribution in [0, 0.1) is 11.3 Å². The van der Waals surface area contributed by atoms with Crippen molar-refractivity contribution in [3.05, 3.63) is 18.2 Å². The summed E-state index contributed by atoms with van der Waals surface area (Å²) in [5.41, 5.74) is 0.822. The summed E-state index contributed by atoms with van der Waals surface area (Å²) in [5, 5.41) is 17.7. The zero-order valence-electron chi connectivity index (χ0n) is 9.04. The third kappa shape index (κ3) is 2.40. The van der Waals surface area contributed by atoms with Crippen LogP contribution < -0.4 is 0 Å². The van der Waals surface area contributed by atoms with E-state index >= 15 is 0 Å². The molecule has 1 fully saturated rings. The maximum Gasteiger partial charge on any atom is 0.185 e. The van der Waals surface area contributed by atoms with Gasteiger partial charge in [-0.3, -0.25) is 0 Å². The molecule has 1 saturated carbocycles. The molecule has 0 spiro atoms. The summed E-state index contributed by atoms with van der Waals surface area (Å²) in [6.45, 7) is 0.477. The van der Waals surface area contributed by atoms with Gasteiger partial charge < -0.3 is 14.4 Å². The Morgan fingerprint density at radius 3 is 3.12 bits per heavy atom. The van der Waals surface area contributed by atoms with Crippen LogP contribution in [0.5, 0.6) is 0 Å². The van der Waals surface area contributed by atoms with Gasteiger partial charge in [0.05, 0.1) is 24.8 Å². The van der Waals surface area contributed by atoms with Crippen LogP contribution in [0.2, 0.25) is 0 Å². The summed E-state index contributed by atoms with van der Waals surface area (Å²) in [4.78, 5) is 4.06. The van der Waals surface area contributed by atoms with Crippen LogP contribution in [-0.4, -0.2) is 27.9 Å². The summed E-state index contributed by atoms with van der Waals surface area (Å²) >= 11 is 0. The zero-order chi connectivity index (χ0) is 11.4. The van der Waals surface area contributed by atoms with Gasteiger partial charge in [-0.1, -0.05) is 0 Å². The Hall–Kier alpha value is -1.38. The van der Waals surface area contributed by atoms with Gasteiger partial charge in [-0.05, 0) is 19.3 Å². The Balaban J connectivity index is 2.02. The van der Waals surface area contributed by atoms with Crippen molar-refractivity contribution in [2.24, 2.45) is 0 Å². The Kier molecular flexibility index (Phi) is 3.54. The molecule has 1 aliphatic carbocycles. The van der Waals surface area contributed by atoms with Gasteiger partial charge in [-0.15, -0.1) is 0 Å². The Labute approximate surface area is 94.3 Å². The molecule has 0 aromatic carbocycles. The molecule has 5 heteroatoms. The molecule has 0 bridgehead atoms. The van der Waals surface area contributed by atoms with Gasteiger partial charge in [0.25, 0.3) is 0 Å². The third-order valence-corrected chi connectivity index (χ3v) is 2.61. The number of hydrogen-bond acceptors (Lipinski definition) is 4. The van der Waals surface area contributed by atoms with Gasteiger partial charge in [-0.25, -0.2) is 4.98 Å². The topological polar surface area (TPSA) is 71.1 Å². The third-order valence-electron chi connectivity index (χ3n) is 2.61. The second kappa shape index (κ2) is 5.10. The van der Waals surface area contributed by atoms with Crippen LogP contribution in [0.1, 0.15) is 37.1 Å². The van der Waals surface area contributed by atoms with Crippen molar-refractivity contribution < 1.29 is 9.84 Å². The van der Waals surface area contributed by atoms with Crippen LogP contribution in [0.25, 0.3) is 0 Å². The van der Waals surface area contributed by atoms with Gasteiger partial charge in [0.1, 0.15) is 6.07 Å². The van der Waals surface area contributed by atoms with Crippen molar-refractivity contribution in [2.45, 2.75) is 31.4 Å². The monoisotopic (exact) mass is 221 g/mol. The van der Waals surface area contributed by atoms with E-state index in [-0.39, 0.29) is 6.61 Å². The first kappa shape index (κ1) is 11.1. The van der Waals surface area contributed by atoms with Crippen LogP contribution in [-0.2, 0) is 4.74 Å². The highest BCUT2D eigenvalue weighted by molar-refractivity contribution is 5.13. The minimum atomic E-state index is -0.574. The Bertz CT molecular complexity index is 379. The first-order valence-electron chi connectivity index (χ1n) is 5.50. The molecule has 1 N–H and O–H groups in total. The minimum Gasteiger partial charge on any atom is -0.396 e. The average Bonchev–Trinajstić information content (AvgIpc) is 3.04. The summed E-state index contributed by atoms with van der Waals surface area (Å²) in [7, 11) is 0.